The first-order valence-corrected chi connectivity index (χ1v) is 5.33. The van der Waals surface area contributed by atoms with Crippen LogP contribution in [0.3, 0.4) is 0 Å². The third-order valence-electron chi connectivity index (χ3n) is 1.82. The number of allylic oxidation sites excluding steroid dienone is 1. The fourth-order valence-corrected chi connectivity index (χ4v) is 1.38. The topological polar surface area (TPSA) is 75.6 Å². The van der Waals surface area contributed by atoms with Gasteiger partial charge in [0.05, 0.1) is 24.7 Å². The number of amides is 2. The minimum atomic E-state index is -0.456. The number of rotatable bonds is 4. The Morgan fingerprint density at radius 1 is 1.67 bits per heavy atom. The van der Waals surface area contributed by atoms with Crippen molar-refractivity contribution in [3.05, 3.63) is 29.6 Å². The largest absolute Gasteiger partial charge is 0.480 e. The molecule has 1 aromatic heterocycles. The van der Waals surface area contributed by atoms with Crippen molar-refractivity contribution >= 4 is 29.5 Å². The molecule has 96 valence electrons. The lowest BCUT2D eigenvalue weighted by Crippen LogP contribution is -2.28. The summed E-state index contributed by atoms with van der Waals surface area (Å²) in [5.74, 6) is 0.296. The van der Waals surface area contributed by atoms with Gasteiger partial charge in [0.2, 0.25) is 5.88 Å². The van der Waals surface area contributed by atoms with Gasteiger partial charge >= 0.3 is 6.03 Å². The number of halogens is 1. The number of ether oxygens (including phenoxy) is 1. The van der Waals surface area contributed by atoms with Gasteiger partial charge in [0.25, 0.3) is 0 Å². The molecule has 1 rings (SSSR count). The summed E-state index contributed by atoms with van der Waals surface area (Å²) in [4.78, 5) is 19.2. The van der Waals surface area contributed by atoms with Crippen molar-refractivity contribution in [2.24, 2.45) is 4.99 Å². The number of aromatic nitrogens is 1. The van der Waals surface area contributed by atoms with E-state index in [0.717, 1.165) is 0 Å². The average molecular weight is 269 g/mol. The Morgan fingerprint density at radius 2 is 2.39 bits per heavy atom. The maximum atomic E-state index is 11.5. The number of aliphatic imine (C=N–C) groups is 1. The molecule has 0 saturated heterocycles. The first-order valence-electron chi connectivity index (χ1n) is 4.95. The summed E-state index contributed by atoms with van der Waals surface area (Å²) < 4.78 is 4.90. The Bertz CT molecular complexity index is 488. The predicted octanol–water partition coefficient (Wildman–Crippen LogP) is 2.08. The molecule has 0 fully saturated rings. The molecule has 2 amide bonds. The number of carbonyl (C=O) groups excluding carboxylic acids is 1. The molecule has 1 heterocycles. The lowest BCUT2D eigenvalue weighted by Gasteiger charge is -2.08. The van der Waals surface area contributed by atoms with Crippen molar-refractivity contribution in [2.75, 3.05) is 19.5 Å². The third-order valence-corrected chi connectivity index (χ3v) is 2.09. The normalized spacial score (nSPS) is 10.2. The van der Waals surface area contributed by atoms with Gasteiger partial charge in [-0.05, 0) is 6.07 Å². The highest BCUT2D eigenvalue weighted by Crippen LogP contribution is 2.23. The number of hydrogen-bond acceptors (Lipinski definition) is 4. The van der Waals surface area contributed by atoms with Crippen LogP contribution in [-0.4, -0.2) is 31.4 Å². The van der Waals surface area contributed by atoms with Gasteiger partial charge in [0, 0.05) is 13.3 Å². The molecule has 7 heteroatoms. The molecule has 0 unspecified atom stereocenters. The summed E-state index contributed by atoms with van der Waals surface area (Å²) >= 11 is 5.87. The van der Waals surface area contributed by atoms with E-state index < -0.39 is 6.03 Å². The predicted molar refractivity (Wildman–Crippen MR) is 71.5 cm³/mol. The highest BCUT2D eigenvalue weighted by Gasteiger charge is 2.06. The number of urea groups is 1. The molecule has 0 bridgehead atoms. The molecule has 0 aliphatic rings. The summed E-state index contributed by atoms with van der Waals surface area (Å²) in [5.41, 5.74) is 0.821. The third kappa shape index (κ3) is 4.06. The second-order valence-corrected chi connectivity index (χ2v) is 3.61. The van der Waals surface area contributed by atoms with Crippen LogP contribution in [0, 0.1) is 0 Å². The van der Waals surface area contributed by atoms with Crippen LogP contribution in [0.2, 0.25) is 5.02 Å². The van der Waals surface area contributed by atoms with E-state index in [-0.39, 0.29) is 0 Å². The number of pyridine rings is 1. The van der Waals surface area contributed by atoms with Crippen molar-refractivity contribution in [3.63, 3.8) is 0 Å². The number of nitrogens with zero attached hydrogens (tertiary/aromatic N) is 2. The van der Waals surface area contributed by atoms with Crippen LogP contribution < -0.4 is 15.4 Å². The number of anilines is 1. The first kappa shape index (κ1) is 14.0. The van der Waals surface area contributed by atoms with E-state index in [1.165, 1.54) is 25.6 Å². The zero-order valence-electron chi connectivity index (χ0n) is 10.0. The van der Waals surface area contributed by atoms with Crippen molar-refractivity contribution in [2.45, 2.75) is 0 Å². The molecular formula is C11H13ClN4O2. The lowest BCUT2D eigenvalue weighted by molar-refractivity contribution is 0.254. The van der Waals surface area contributed by atoms with Gasteiger partial charge in [0.15, 0.2) is 0 Å². The standard InChI is InChI=1S/C11H13ClN4O2/c1-7(5-13-2)15-11(17)16-8-4-9(12)10(18-3)14-6-8/h4-6H,1H2,2-3H3,(H2,15,16,17). The molecule has 6 nitrogen and oxygen atoms in total. The number of carbonyl (C=O) groups is 1. The van der Waals surface area contributed by atoms with Gasteiger partial charge in [-0.2, -0.15) is 0 Å². The first-order chi connectivity index (χ1) is 8.56. The fraction of sp³-hybridized carbons (Fsp3) is 0.182. The molecule has 0 atom stereocenters. The average Bonchev–Trinajstić information content (AvgIpc) is 2.29. The molecule has 18 heavy (non-hydrogen) atoms. The van der Waals surface area contributed by atoms with E-state index in [4.69, 9.17) is 16.3 Å². The van der Waals surface area contributed by atoms with Gasteiger partial charge in [-0.25, -0.2) is 9.78 Å². The summed E-state index contributed by atoms with van der Waals surface area (Å²) in [6.45, 7) is 3.59. The van der Waals surface area contributed by atoms with Crippen LogP contribution in [0.1, 0.15) is 0 Å². The summed E-state index contributed by atoms with van der Waals surface area (Å²) in [7, 11) is 3.04. The van der Waals surface area contributed by atoms with E-state index in [2.05, 4.69) is 27.2 Å². The van der Waals surface area contributed by atoms with E-state index in [9.17, 15) is 4.79 Å². The monoisotopic (exact) mass is 268 g/mol. The van der Waals surface area contributed by atoms with Gasteiger partial charge in [-0.3, -0.25) is 4.99 Å². The summed E-state index contributed by atoms with van der Waals surface area (Å²) in [6, 6.07) is 1.08. The molecular weight excluding hydrogens is 256 g/mol. The van der Waals surface area contributed by atoms with E-state index >= 15 is 0 Å². The van der Waals surface area contributed by atoms with E-state index in [1.807, 2.05) is 0 Å². The maximum Gasteiger partial charge on any atom is 0.323 e. The number of hydrogen-bond donors (Lipinski definition) is 2. The Morgan fingerprint density at radius 3 is 2.94 bits per heavy atom. The molecule has 0 aromatic carbocycles. The van der Waals surface area contributed by atoms with Crippen LogP contribution in [-0.2, 0) is 0 Å². The molecule has 2 N–H and O–H groups in total. The zero-order valence-corrected chi connectivity index (χ0v) is 10.8. The van der Waals surface area contributed by atoms with Gasteiger partial charge in [-0.15, -0.1) is 0 Å². The minimum absolute atomic E-state index is 0.296. The smallest absolute Gasteiger partial charge is 0.323 e. The molecule has 0 spiro atoms. The van der Waals surface area contributed by atoms with Crippen molar-refractivity contribution in [3.8, 4) is 5.88 Å². The van der Waals surface area contributed by atoms with Gasteiger partial charge < -0.3 is 15.4 Å². The van der Waals surface area contributed by atoms with E-state index in [0.29, 0.717) is 22.3 Å². The van der Waals surface area contributed by atoms with Crippen LogP contribution >= 0.6 is 11.6 Å². The summed E-state index contributed by atoms with van der Waals surface area (Å²) in [5, 5.41) is 5.34. The molecule has 1 aromatic rings. The SMILES string of the molecule is C=C(C=NC)NC(=O)Nc1cnc(OC)c(Cl)c1. The highest BCUT2D eigenvalue weighted by atomic mass is 35.5. The maximum absolute atomic E-state index is 11.5. The zero-order chi connectivity index (χ0) is 13.5. The fourth-order valence-electron chi connectivity index (χ4n) is 1.14. The van der Waals surface area contributed by atoms with Crippen LogP contribution in [0.5, 0.6) is 5.88 Å². The second-order valence-electron chi connectivity index (χ2n) is 3.21. The Balaban J connectivity index is 2.65. The molecule has 0 aliphatic carbocycles. The number of methoxy groups -OCH3 is 1. The quantitative estimate of drug-likeness (QED) is 0.821. The van der Waals surface area contributed by atoms with Crippen LogP contribution in [0.4, 0.5) is 10.5 Å². The highest BCUT2D eigenvalue weighted by molar-refractivity contribution is 6.32. The number of nitrogens with one attached hydrogen (secondary N) is 2. The van der Waals surface area contributed by atoms with E-state index in [1.54, 1.807) is 7.05 Å². The van der Waals surface area contributed by atoms with Crippen molar-refractivity contribution < 1.29 is 9.53 Å². The van der Waals surface area contributed by atoms with Crippen molar-refractivity contribution in [1.82, 2.24) is 10.3 Å². The Hall–Kier alpha value is -2.08. The van der Waals surface area contributed by atoms with Gasteiger partial charge in [-0.1, -0.05) is 18.2 Å². The van der Waals surface area contributed by atoms with Gasteiger partial charge in [0.1, 0.15) is 5.02 Å². The van der Waals surface area contributed by atoms with Crippen LogP contribution in [0.15, 0.2) is 29.5 Å². The van der Waals surface area contributed by atoms with Crippen LogP contribution in [0.25, 0.3) is 0 Å². The Labute approximate surface area is 110 Å². The second kappa shape index (κ2) is 6.61. The Kier molecular flexibility index (Phi) is 5.13. The van der Waals surface area contributed by atoms with Crippen molar-refractivity contribution in [1.29, 1.82) is 0 Å². The molecule has 0 aliphatic heterocycles. The summed E-state index contributed by atoms with van der Waals surface area (Å²) in [6.07, 6.45) is 2.86. The lowest BCUT2D eigenvalue weighted by atomic mass is 10.4. The minimum Gasteiger partial charge on any atom is -0.480 e. The molecule has 0 saturated carbocycles. The molecule has 0 radical (unpaired) electrons.